The normalized spacial score (nSPS) is 26.8. The predicted molar refractivity (Wildman–Crippen MR) is 316 cm³/mol. The Morgan fingerprint density at radius 1 is 0.671 bits per heavy atom. The molecular weight excluding hydrogens is 1130 g/mol. The van der Waals surface area contributed by atoms with Crippen molar-refractivity contribution in [3.8, 4) is 0 Å². The van der Waals surface area contributed by atoms with Crippen LogP contribution in [0.3, 0.4) is 0 Å². The summed E-state index contributed by atoms with van der Waals surface area (Å²) < 4.78 is 268. The van der Waals surface area contributed by atoms with Gasteiger partial charge in [0.05, 0.1) is 75.3 Å². The lowest BCUT2D eigenvalue weighted by molar-refractivity contribution is -0.145. The highest BCUT2D eigenvalue weighted by atomic mass is 35.5. The highest BCUT2D eigenvalue weighted by Crippen LogP contribution is 2.29. The van der Waals surface area contributed by atoms with Gasteiger partial charge in [-0.15, -0.1) is 11.6 Å². The summed E-state index contributed by atoms with van der Waals surface area (Å²) in [6, 6.07) is 29.0. The molecule has 8 rings (SSSR count). The van der Waals surface area contributed by atoms with Crippen molar-refractivity contribution in [2.24, 2.45) is 0 Å². The van der Waals surface area contributed by atoms with Gasteiger partial charge in [-0.3, -0.25) is 24.6 Å². The lowest BCUT2D eigenvalue weighted by Gasteiger charge is -2.35. The second-order valence-corrected chi connectivity index (χ2v) is 15.8. The monoisotopic (exact) mass is 1220 g/mol. The minimum Gasteiger partial charge on any atom is -0.459 e. The Kier molecular flexibility index (Phi) is 15.6. The Hall–Kier alpha value is -7.96. The van der Waals surface area contributed by atoms with Crippen LogP contribution in [-0.2, 0) is 57.9 Å². The fraction of sp³-hybridized carbons (Fsp3) is 0.351. The third-order valence-electron chi connectivity index (χ3n) is 9.57. The maximum Gasteiger partial charge on any atom is 0.414 e. The number of hydrogen-bond acceptors (Lipinski definition) is 14. The molecule has 0 unspecified atom stereocenters. The first kappa shape index (κ1) is 37.2. The number of benzene rings is 5. The van der Waals surface area contributed by atoms with E-state index in [1.54, 1.807) is 89.5 Å². The molecule has 0 aromatic heterocycles. The van der Waals surface area contributed by atoms with Crippen molar-refractivity contribution in [2.45, 2.75) is 52.8 Å². The minimum absolute atomic E-state index is 0. The van der Waals surface area contributed by atoms with Crippen molar-refractivity contribution in [1.29, 1.82) is 0 Å². The van der Waals surface area contributed by atoms with E-state index in [4.69, 9.17) is 61.5 Å². The van der Waals surface area contributed by atoms with Crippen LogP contribution in [0, 0.1) is 11.6 Å². The summed E-state index contributed by atoms with van der Waals surface area (Å²) in [5.74, 6) is -9.01. The number of esters is 1. The predicted octanol–water partition coefficient (Wildman–Crippen LogP) is 8.30. The molecule has 442 valence electrons. The molecule has 0 spiro atoms. The first-order chi connectivity index (χ1) is 48.2. The van der Waals surface area contributed by atoms with Crippen molar-refractivity contribution < 1.29 is 102 Å². The zero-order chi connectivity index (χ0) is 80.8. The van der Waals surface area contributed by atoms with E-state index in [9.17, 15) is 33.6 Å². The van der Waals surface area contributed by atoms with Gasteiger partial charge >= 0.3 is 30.3 Å². The number of nitrogens with one attached hydrogen (secondary N) is 3. The van der Waals surface area contributed by atoms with Crippen LogP contribution in [-0.4, -0.2) is 141 Å². The number of carbonyl (C=O) groups is 7. The van der Waals surface area contributed by atoms with Gasteiger partial charge in [0.2, 0.25) is 11.8 Å². The molecule has 6 amide bonds. The number of nitrogens with zero attached hydrogens (tertiary/aromatic N) is 5. The highest BCUT2D eigenvalue weighted by Gasteiger charge is 2.33. The van der Waals surface area contributed by atoms with Gasteiger partial charge in [-0.2, -0.15) is 27.0 Å². The summed E-state index contributed by atoms with van der Waals surface area (Å²) in [5.41, 5.74) is -1.34. The molecule has 3 fully saturated rings. The van der Waals surface area contributed by atoms with Crippen LogP contribution >= 0.6 is 38.6 Å². The number of cyclic esters (lactones) is 1. The van der Waals surface area contributed by atoms with E-state index in [1.165, 1.54) is 12.1 Å². The maximum absolute atomic E-state index is 15.8. The average Bonchev–Trinajstić information content (AvgIpc) is 0.900. The summed E-state index contributed by atoms with van der Waals surface area (Å²) >= 11 is 5.23. The molecule has 2 atom stereocenters. The fourth-order valence-corrected chi connectivity index (χ4v) is 6.08. The summed E-state index contributed by atoms with van der Waals surface area (Å²) in [5, 5.41) is 5.62. The number of halogens is 3. The van der Waals surface area contributed by atoms with E-state index in [0.717, 1.165) is 39.0 Å². The summed E-state index contributed by atoms with van der Waals surface area (Å²) in [4.78, 5) is 83.0. The maximum atomic E-state index is 15.8. The topological polar surface area (TPSA) is 218 Å². The van der Waals surface area contributed by atoms with Crippen LogP contribution < -0.4 is 30.7 Å². The third kappa shape index (κ3) is 21.8. The first-order valence-corrected chi connectivity index (χ1v) is 23.3. The smallest absolute Gasteiger partial charge is 0.414 e. The number of rotatable bonds is 16. The van der Waals surface area contributed by atoms with E-state index in [0.29, 0.717) is 34.9 Å². The van der Waals surface area contributed by atoms with Crippen LogP contribution in [0.4, 0.5) is 50.7 Å². The molecule has 20 nitrogen and oxygen atoms in total. The molecule has 3 aliphatic rings. The molecule has 0 radical (unpaired) electrons. The van der Waals surface area contributed by atoms with Gasteiger partial charge in [0.1, 0.15) is 43.6 Å². The number of hydrogen-bond donors (Lipinski definition) is 3. The SMILES string of the molecule is S.S.[2H]C([2H])(Cl)[C@@]([2H])(OC(C)=O)C([2H])([2H])NC(C)=O.[2H]C1([2H])N(C(=O)OCc2ccccc2)C([2H])([2H])C([2H])([2H])N(c2ccc(N3C(=O)O[C@@]([2H])(C([2H])([2H])NC(C)=O)C3([2H])[2H])cc2F)C1([2H])[2H].[2H]C1([2H])N(C(=O)OCc2ccccc2)C([2H])([2H])C([2H])([2H])N(c2ccc(NC(=O)OCc3ccccc3)cc2F)C1([2H])[2H]. The first-order valence-electron chi connectivity index (χ1n) is 35.9. The molecule has 5 aromatic rings. The Balaban J connectivity index is 0.000000372. The zero-order valence-corrected chi connectivity index (χ0v) is 45.8. The number of amides is 6. The molecule has 3 heterocycles. The molecule has 0 aliphatic carbocycles. The fourth-order valence-electron chi connectivity index (χ4n) is 5.99. The van der Waals surface area contributed by atoms with E-state index >= 15 is 8.78 Å². The Morgan fingerprint density at radius 2 is 1.12 bits per heavy atom. The lowest BCUT2D eigenvalue weighted by Crippen LogP contribution is -2.49. The molecular formula is C57H69ClF2N8O12S2. The highest BCUT2D eigenvalue weighted by molar-refractivity contribution is 7.59. The average molecular weight is 1220 g/mol. The largest absolute Gasteiger partial charge is 0.459 e. The molecule has 3 aliphatic heterocycles. The van der Waals surface area contributed by atoms with Crippen LogP contribution in [0.1, 0.15) is 73.1 Å². The van der Waals surface area contributed by atoms with Gasteiger partial charge in [0.25, 0.3) is 0 Å². The third-order valence-corrected chi connectivity index (χ3v) is 9.74. The van der Waals surface area contributed by atoms with Crippen molar-refractivity contribution in [3.63, 3.8) is 0 Å². The molecule has 3 saturated heterocycles. The molecule has 3 N–H and O–H groups in total. The van der Waals surface area contributed by atoms with Gasteiger partial charge in [-0.1, -0.05) is 91.0 Å². The van der Waals surface area contributed by atoms with Crippen molar-refractivity contribution in [3.05, 3.63) is 156 Å². The number of piperazine rings is 2. The van der Waals surface area contributed by atoms with Gasteiger partial charge < -0.3 is 53.9 Å². The Bertz CT molecular complexity index is 4070. The minimum atomic E-state index is -3.74. The van der Waals surface area contributed by atoms with Crippen molar-refractivity contribution >= 4 is 103 Å². The molecule has 82 heavy (non-hydrogen) atoms. The van der Waals surface area contributed by atoms with Gasteiger partial charge in [-0.05, 0) is 53.1 Å². The standard InChI is InChI=1S/C26H26FN3O4.C24H27FN4O5.C7H12ClNO3.2H2S/c27-23-17-22(28-25(31)33-18-20-7-3-1-4-8-20)11-12-24(23)29-13-15-30(16-14-29)26(32)34-19-21-9-5-2-6-10-21;1-17(30)26-14-20-15-29(24(32)34-20)19-7-8-22(21(25)13-19)27-9-11-28(12-10-27)23(31)33-16-18-5-3-2-4-6-18;1-5(10)9-4-7(3-8)12-6(2)11;;/h1-12,17H,13-16,18-19H2,(H,28,31);2-8,13,20H,9-12,14-16H2,1H3,(H,26,30);7H,3-4H2,1-2H3,(H,9,10);2*1H2/t;20-;7-;;/m.01../s1/i13D2,14D2,15D2,16D2;9D2,10D2,11D2,12D2,14D2,15D2,20D;3D2,4D2,7D;;. The van der Waals surface area contributed by atoms with E-state index in [2.05, 4.69) is 14.8 Å². The second-order valence-electron chi connectivity index (χ2n) is 15.6. The Labute approximate surface area is 530 Å². The quantitative estimate of drug-likeness (QED) is 0.0481. The molecule has 25 heteroatoms. The van der Waals surface area contributed by atoms with Crippen molar-refractivity contribution in [1.82, 2.24) is 20.4 Å². The van der Waals surface area contributed by atoms with E-state index in [-0.39, 0.29) is 58.9 Å². The summed E-state index contributed by atoms with van der Waals surface area (Å²) in [6.45, 7) is -37.2. The van der Waals surface area contributed by atoms with Gasteiger partial charge in [0.15, 0.2) is 0 Å². The van der Waals surface area contributed by atoms with Crippen LogP contribution in [0.15, 0.2) is 127 Å². The number of alkyl halides is 1. The Morgan fingerprint density at radius 3 is 1.55 bits per heavy atom. The molecule has 5 aromatic carbocycles. The number of carbonyl (C=O) groups excluding carboxylic acids is 7. The van der Waals surface area contributed by atoms with Crippen molar-refractivity contribution in [2.75, 3.05) is 97.3 Å². The lowest BCUT2D eigenvalue weighted by atomic mass is 10.2. The van der Waals surface area contributed by atoms with Crippen LogP contribution in [0.5, 0.6) is 0 Å². The molecule has 0 saturated carbocycles. The second kappa shape index (κ2) is 34.4. The number of anilines is 4. The van der Waals surface area contributed by atoms with Crippen LogP contribution in [0.25, 0.3) is 0 Å². The van der Waals surface area contributed by atoms with E-state index in [1.807, 2.05) is 0 Å². The molecule has 0 bridgehead atoms. The summed E-state index contributed by atoms with van der Waals surface area (Å²) in [7, 11) is 0. The van der Waals surface area contributed by atoms with E-state index < -0.39 is 178 Å². The van der Waals surface area contributed by atoms with Gasteiger partial charge in [0, 0.05) is 81.2 Å². The van der Waals surface area contributed by atoms with Gasteiger partial charge in [-0.25, -0.2) is 28.0 Å². The summed E-state index contributed by atoms with van der Waals surface area (Å²) in [6.07, 6.45) is -12.6. The zero-order valence-electron chi connectivity index (χ0n) is 69.0. The number of ether oxygens (including phenoxy) is 5. The van der Waals surface area contributed by atoms with Crippen LogP contribution in [0.2, 0.25) is 0 Å².